The zero-order valence-corrected chi connectivity index (χ0v) is 16.4. The average molecular weight is 433 g/mol. The van der Waals surface area contributed by atoms with Crippen LogP contribution in [0.25, 0.3) is 0 Å². The third-order valence-electron chi connectivity index (χ3n) is 4.29. The number of nitrogens with one attached hydrogen (secondary N) is 1. The van der Waals surface area contributed by atoms with Crippen molar-refractivity contribution in [3.8, 4) is 0 Å². The van der Waals surface area contributed by atoms with Crippen LogP contribution in [0, 0.1) is 0 Å². The van der Waals surface area contributed by atoms with Crippen molar-refractivity contribution in [2.45, 2.75) is 32.2 Å². The molecule has 0 aromatic carbocycles. The summed E-state index contributed by atoms with van der Waals surface area (Å²) in [7, 11) is 0. The smallest absolute Gasteiger partial charge is 0.255 e. The first kappa shape index (κ1) is 17.3. The summed E-state index contributed by atoms with van der Waals surface area (Å²) in [5.41, 5.74) is 1.84. The number of aryl methyl sites for hydroxylation is 1. The molecule has 7 heteroatoms. The van der Waals surface area contributed by atoms with E-state index in [2.05, 4.69) is 26.2 Å². The highest BCUT2D eigenvalue weighted by molar-refractivity contribution is 9.10. The molecule has 0 saturated heterocycles. The Hall–Kier alpha value is -2.12. The van der Waals surface area contributed by atoms with Crippen molar-refractivity contribution in [3.05, 3.63) is 62.7 Å². The molecule has 1 aliphatic carbocycles. The monoisotopic (exact) mass is 432 g/mol. The number of fused-ring (bicyclic) bond motifs is 1. The Morgan fingerprint density at radius 2 is 2.19 bits per heavy atom. The second kappa shape index (κ2) is 7.63. The van der Waals surface area contributed by atoms with Crippen molar-refractivity contribution < 1.29 is 13.6 Å². The van der Waals surface area contributed by atoms with Crippen molar-refractivity contribution in [1.82, 2.24) is 5.32 Å². The molecule has 0 bridgehead atoms. The second-order valence-electron chi connectivity index (χ2n) is 6.05. The van der Waals surface area contributed by atoms with Gasteiger partial charge in [-0.25, -0.2) is 4.99 Å². The van der Waals surface area contributed by atoms with Gasteiger partial charge >= 0.3 is 0 Å². The summed E-state index contributed by atoms with van der Waals surface area (Å²) in [4.78, 5) is 18.7. The normalized spacial score (nSPS) is 13.9. The molecule has 26 heavy (non-hydrogen) atoms. The maximum Gasteiger partial charge on any atom is 0.255 e. The van der Waals surface area contributed by atoms with Crippen LogP contribution in [-0.2, 0) is 19.4 Å². The van der Waals surface area contributed by atoms with Crippen molar-refractivity contribution in [1.29, 1.82) is 0 Å². The molecular weight excluding hydrogens is 416 g/mol. The van der Waals surface area contributed by atoms with Crippen molar-refractivity contribution >= 4 is 44.4 Å². The van der Waals surface area contributed by atoms with Crippen molar-refractivity contribution in [2.24, 2.45) is 4.99 Å². The predicted octanol–water partition coefficient (Wildman–Crippen LogP) is 5.26. The van der Waals surface area contributed by atoms with Crippen LogP contribution >= 0.6 is 27.3 Å². The molecule has 5 nitrogen and oxygen atoms in total. The molecule has 0 saturated carbocycles. The lowest BCUT2D eigenvalue weighted by molar-refractivity contribution is 0.0948. The first-order chi connectivity index (χ1) is 12.7. The van der Waals surface area contributed by atoms with Gasteiger partial charge in [-0.05, 0) is 71.4 Å². The average Bonchev–Trinajstić information content (AvgIpc) is 3.37. The highest BCUT2D eigenvalue weighted by Gasteiger charge is 2.25. The van der Waals surface area contributed by atoms with Crippen LogP contribution in [-0.4, -0.2) is 12.1 Å². The molecule has 3 aromatic rings. The number of hydrogen-bond acceptors (Lipinski definition) is 5. The van der Waals surface area contributed by atoms with Crippen LogP contribution in [0.3, 0.4) is 0 Å². The minimum Gasteiger partial charge on any atom is -0.467 e. The number of thiophene rings is 1. The number of furan rings is 2. The van der Waals surface area contributed by atoms with Gasteiger partial charge in [-0.3, -0.25) is 4.79 Å². The van der Waals surface area contributed by atoms with E-state index < -0.39 is 0 Å². The van der Waals surface area contributed by atoms with Crippen LogP contribution in [0.5, 0.6) is 0 Å². The molecule has 0 spiro atoms. The minimum absolute atomic E-state index is 0.103. The summed E-state index contributed by atoms with van der Waals surface area (Å²) in [6, 6.07) is 7.30. The topological polar surface area (TPSA) is 67.7 Å². The lowest BCUT2D eigenvalue weighted by Crippen LogP contribution is -2.23. The first-order valence-electron chi connectivity index (χ1n) is 8.45. The van der Waals surface area contributed by atoms with Gasteiger partial charge in [0.05, 0.1) is 24.6 Å². The largest absolute Gasteiger partial charge is 0.467 e. The molecule has 1 aliphatic rings. The number of amides is 1. The van der Waals surface area contributed by atoms with E-state index in [0.717, 1.165) is 42.0 Å². The minimum atomic E-state index is -0.103. The summed E-state index contributed by atoms with van der Waals surface area (Å²) < 4.78 is 11.4. The number of rotatable bonds is 5. The molecule has 3 aromatic heterocycles. The van der Waals surface area contributed by atoms with E-state index in [9.17, 15) is 4.79 Å². The van der Waals surface area contributed by atoms with E-state index >= 15 is 0 Å². The number of hydrogen-bond donors (Lipinski definition) is 1. The van der Waals surface area contributed by atoms with Crippen LogP contribution in [0.15, 0.2) is 49.0 Å². The summed E-state index contributed by atoms with van der Waals surface area (Å²) in [6.07, 6.45) is 7.47. The van der Waals surface area contributed by atoms with Gasteiger partial charge in [0, 0.05) is 4.88 Å². The standard InChI is InChI=1S/C19H17BrN2O3S/c20-16-8-7-13(25-16)11-22-19-17(14-5-1-2-6-15(14)26-19)18(23)21-10-12-4-3-9-24-12/h3-4,7-9,11H,1-2,5-6,10H2,(H,21,23). The van der Waals surface area contributed by atoms with E-state index in [-0.39, 0.29) is 5.91 Å². The number of aliphatic imine (C=N–C) groups is 1. The van der Waals surface area contributed by atoms with Crippen molar-refractivity contribution in [3.63, 3.8) is 0 Å². The summed E-state index contributed by atoms with van der Waals surface area (Å²) in [5.74, 6) is 1.27. The zero-order chi connectivity index (χ0) is 17.9. The van der Waals surface area contributed by atoms with E-state index in [4.69, 9.17) is 8.83 Å². The fraction of sp³-hybridized carbons (Fsp3) is 0.263. The SMILES string of the molecule is O=C(NCc1ccco1)c1c(N=Cc2ccc(Br)o2)sc2c1CCCC2. The Kier molecular flexibility index (Phi) is 5.08. The molecule has 0 fully saturated rings. The van der Waals surface area contributed by atoms with Crippen LogP contribution in [0.1, 0.15) is 45.2 Å². The number of carbonyl (C=O) groups excluding carboxylic acids is 1. The molecule has 4 rings (SSSR count). The fourth-order valence-corrected chi connectivity index (χ4v) is 4.61. The Bertz CT molecular complexity index is 940. The molecule has 0 unspecified atom stereocenters. The molecule has 0 aliphatic heterocycles. The van der Waals surface area contributed by atoms with E-state index in [1.54, 1.807) is 23.8 Å². The molecule has 0 atom stereocenters. The Labute approximate surface area is 163 Å². The van der Waals surface area contributed by atoms with E-state index in [1.807, 2.05) is 24.3 Å². The van der Waals surface area contributed by atoms with Gasteiger partial charge in [-0.1, -0.05) is 0 Å². The Morgan fingerprint density at radius 3 is 2.96 bits per heavy atom. The lowest BCUT2D eigenvalue weighted by Gasteiger charge is -2.12. The van der Waals surface area contributed by atoms with E-state index in [1.165, 1.54) is 4.88 Å². The summed E-state index contributed by atoms with van der Waals surface area (Å²) in [6.45, 7) is 0.366. The molecule has 134 valence electrons. The Morgan fingerprint density at radius 1 is 1.31 bits per heavy atom. The third kappa shape index (κ3) is 3.68. The number of halogens is 1. The fourth-order valence-electron chi connectivity index (χ4n) is 3.07. The lowest BCUT2D eigenvalue weighted by atomic mass is 9.95. The quantitative estimate of drug-likeness (QED) is 0.559. The summed E-state index contributed by atoms with van der Waals surface area (Å²) in [5, 5.41) is 3.69. The molecular formula is C19H17BrN2O3S. The first-order valence-corrected chi connectivity index (χ1v) is 10.1. The Balaban J connectivity index is 1.61. The van der Waals surface area contributed by atoms with Gasteiger partial charge in [-0.2, -0.15) is 0 Å². The van der Waals surface area contributed by atoms with Gasteiger partial charge in [0.15, 0.2) is 4.67 Å². The van der Waals surface area contributed by atoms with Gasteiger partial charge in [0.2, 0.25) is 0 Å². The summed E-state index contributed by atoms with van der Waals surface area (Å²) >= 11 is 4.89. The van der Waals surface area contributed by atoms with Gasteiger partial charge in [-0.15, -0.1) is 11.3 Å². The van der Waals surface area contributed by atoms with Gasteiger partial charge in [0.25, 0.3) is 5.91 Å². The molecule has 0 radical (unpaired) electrons. The zero-order valence-electron chi connectivity index (χ0n) is 14.0. The number of nitrogens with zero attached hydrogens (tertiary/aromatic N) is 1. The second-order valence-corrected chi connectivity index (χ2v) is 7.92. The molecule has 3 heterocycles. The molecule has 1 N–H and O–H groups in total. The maximum atomic E-state index is 12.9. The highest BCUT2D eigenvalue weighted by Crippen LogP contribution is 2.39. The highest BCUT2D eigenvalue weighted by atomic mass is 79.9. The predicted molar refractivity (Wildman–Crippen MR) is 105 cm³/mol. The van der Waals surface area contributed by atoms with Gasteiger partial charge < -0.3 is 14.2 Å². The maximum absolute atomic E-state index is 12.9. The van der Waals surface area contributed by atoms with Gasteiger partial charge in [0.1, 0.15) is 16.5 Å². The number of carbonyl (C=O) groups is 1. The van der Waals surface area contributed by atoms with Crippen LogP contribution in [0.4, 0.5) is 5.00 Å². The third-order valence-corrected chi connectivity index (χ3v) is 5.91. The van der Waals surface area contributed by atoms with E-state index in [0.29, 0.717) is 22.5 Å². The van der Waals surface area contributed by atoms with Crippen LogP contribution in [0.2, 0.25) is 0 Å². The van der Waals surface area contributed by atoms with Crippen LogP contribution < -0.4 is 5.32 Å². The molecule has 1 amide bonds. The van der Waals surface area contributed by atoms with Crippen molar-refractivity contribution in [2.75, 3.05) is 0 Å².